The summed E-state index contributed by atoms with van der Waals surface area (Å²) in [6.07, 6.45) is 5.69. The molecule has 1 saturated heterocycles. The number of aromatic amines is 1. The quantitative estimate of drug-likeness (QED) is 0.399. The van der Waals surface area contributed by atoms with E-state index in [1.165, 1.54) is 0 Å². The number of esters is 1. The highest BCUT2D eigenvalue weighted by Crippen LogP contribution is 2.53. The standard InChI is InChI=1S/C27H29N3O7/c1-2-36-26(35)27-13-6-5-9-21(27)29(14-12-17-16-28-20-8-4-3-7-18(17)20)25(34)19(27)15-24(33)37-30-22(31)10-11-23(30)32/h3-4,7-11,16,19,28,31-32H,2,5-6,12-15H2,1H3/t19-,27-/m1/s1. The number of ether oxygens (including phenoxy) is 1. The highest BCUT2D eigenvalue weighted by Gasteiger charge is 2.62. The summed E-state index contributed by atoms with van der Waals surface area (Å²) >= 11 is 0. The minimum Gasteiger partial charge on any atom is -0.492 e. The van der Waals surface area contributed by atoms with Crippen molar-refractivity contribution in [3.8, 4) is 11.8 Å². The monoisotopic (exact) mass is 507 g/mol. The fraction of sp³-hybridized carbons (Fsp3) is 0.370. The van der Waals surface area contributed by atoms with E-state index >= 15 is 0 Å². The SMILES string of the molecule is CCOC(=O)[C@@]12CCCC=C1N(CCc1c[nH]c3ccccc13)C(=O)[C@H]2CC(=O)On1c(O)ccc1O. The maximum atomic E-state index is 13.8. The normalized spacial score (nSPS) is 21.1. The van der Waals surface area contributed by atoms with Gasteiger partial charge in [0.25, 0.3) is 0 Å². The van der Waals surface area contributed by atoms with Crippen LogP contribution in [-0.2, 0) is 25.5 Å². The molecule has 2 aliphatic rings. The van der Waals surface area contributed by atoms with Crippen LogP contribution in [0, 0.1) is 11.3 Å². The molecule has 0 saturated carbocycles. The molecule has 5 rings (SSSR count). The van der Waals surface area contributed by atoms with E-state index in [9.17, 15) is 24.6 Å². The number of benzene rings is 1. The molecule has 1 aliphatic heterocycles. The number of rotatable bonds is 8. The van der Waals surface area contributed by atoms with Crippen LogP contribution in [-0.4, -0.2) is 55.8 Å². The lowest BCUT2D eigenvalue weighted by Crippen LogP contribution is -2.42. The van der Waals surface area contributed by atoms with E-state index in [4.69, 9.17) is 9.57 Å². The van der Waals surface area contributed by atoms with Gasteiger partial charge in [0, 0.05) is 41.5 Å². The first-order valence-electron chi connectivity index (χ1n) is 12.4. The molecule has 2 aromatic heterocycles. The van der Waals surface area contributed by atoms with Gasteiger partial charge in [-0.1, -0.05) is 24.3 Å². The number of fused-ring (bicyclic) bond motifs is 2. The van der Waals surface area contributed by atoms with Crippen LogP contribution in [0.4, 0.5) is 0 Å². The van der Waals surface area contributed by atoms with E-state index in [1.807, 2.05) is 36.5 Å². The molecule has 194 valence electrons. The van der Waals surface area contributed by atoms with Gasteiger partial charge in [-0.2, -0.15) is 0 Å². The lowest BCUT2D eigenvalue weighted by atomic mass is 9.68. The Morgan fingerprint density at radius 1 is 1.16 bits per heavy atom. The third kappa shape index (κ3) is 4.12. The van der Waals surface area contributed by atoms with Crippen LogP contribution < -0.4 is 4.84 Å². The molecule has 1 aliphatic carbocycles. The number of allylic oxidation sites excluding steroid dienone is 1. The van der Waals surface area contributed by atoms with Gasteiger partial charge in [-0.25, -0.2) is 4.79 Å². The van der Waals surface area contributed by atoms with Gasteiger partial charge in [0.2, 0.25) is 17.7 Å². The largest absolute Gasteiger partial charge is 0.492 e. The van der Waals surface area contributed by atoms with Gasteiger partial charge in [0.05, 0.1) is 18.9 Å². The summed E-state index contributed by atoms with van der Waals surface area (Å²) in [6.45, 7) is 2.17. The second kappa shape index (κ2) is 9.68. The van der Waals surface area contributed by atoms with Gasteiger partial charge in [-0.05, 0) is 44.2 Å². The zero-order valence-electron chi connectivity index (χ0n) is 20.5. The number of hydrogen-bond donors (Lipinski definition) is 3. The van der Waals surface area contributed by atoms with Crippen LogP contribution in [0.15, 0.2) is 54.4 Å². The summed E-state index contributed by atoms with van der Waals surface area (Å²) in [4.78, 5) is 50.1. The Balaban J connectivity index is 1.45. The molecular weight excluding hydrogens is 478 g/mol. The van der Waals surface area contributed by atoms with Crippen molar-refractivity contribution < 1.29 is 34.2 Å². The topological polar surface area (TPSA) is 134 Å². The summed E-state index contributed by atoms with van der Waals surface area (Å²) in [5, 5.41) is 20.7. The molecule has 10 heteroatoms. The molecule has 1 aromatic carbocycles. The Morgan fingerprint density at radius 2 is 1.92 bits per heavy atom. The molecule has 37 heavy (non-hydrogen) atoms. The van der Waals surface area contributed by atoms with Crippen molar-refractivity contribution in [1.29, 1.82) is 0 Å². The van der Waals surface area contributed by atoms with Gasteiger partial charge >= 0.3 is 11.9 Å². The Labute approximate surface area is 213 Å². The molecule has 1 amide bonds. The van der Waals surface area contributed by atoms with Crippen molar-refractivity contribution in [2.24, 2.45) is 11.3 Å². The first-order valence-corrected chi connectivity index (χ1v) is 12.4. The minimum absolute atomic E-state index is 0.139. The van der Waals surface area contributed by atoms with Crippen molar-refractivity contribution in [2.75, 3.05) is 13.2 Å². The Kier molecular flexibility index (Phi) is 6.41. The van der Waals surface area contributed by atoms with E-state index < -0.39 is 41.5 Å². The first-order chi connectivity index (χ1) is 17.9. The second-order valence-electron chi connectivity index (χ2n) is 9.34. The Bertz CT molecular complexity index is 1370. The molecule has 0 radical (unpaired) electrons. The number of hydrogen-bond acceptors (Lipinski definition) is 7. The average Bonchev–Trinajstić information content (AvgIpc) is 3.52. The van der Waals surface area contributed by atoms with Gasteiger partial charge < -0.3 is 29.7 Å². The van der Waals surface area contributed by atoms with Crippen molar-refractivity contribution in [2.45, 2.75) is 39.0 Å². The van der Waals surface area contributed by atoms with Crippen LogP contribution in [0.3, 0.4) is 0 Å². The first kappa shape index (κ1) is 24.5. The molecular formula is C27H29N3O7. The van der Waals surface area contributed by atoms with Crippen LogP contribution in [0.2, 0.25) is 0 Å². The third-order valence-electron chi connectivity index (χ3n) is 7.30. The molecule has 3 aromatic rings. The van der Waals surface area contributed by atoms with Crippen molar-refractivity contribution >= 4 is 28.7 Å². The number of carbonyl (C=O) groups excluding carboxylic acids is 3. The average molecular weight is 508 g/mol. The van der Waals surface area contributed by atoms with E-state index in [0.717, 1.165) is 28.6 Å². The predicted octanol–water partition coefficient (Wildman–Crippen LogP) is 3.04. The summed E-state index contributed by atoms with van der Waals surface area (Å²) in [6, 6.07) is 10.2. The molecule has 2 atom stereocenters. The van der Waals surface area contributed by atoms with E-state index in [2.05, 4.69) is 4.98 Å². The van der Waals surface area contributed by atoms with Crippen LogP contribution in [0.1, 0.15) is 38.2 Å². The predicted molar refractivity (Wildman–Crippen MR) is 132 cm³/mol. The number of aromatic hydroxyl groups is 2. The second-order valence-corrected chi connectivity index (χ2v) is 9.34. The Hall–Kier alpha value is -4.21. The molecule has 3 N–H and O–H groups in total. The number of amides is 1. The molecule has 0 spiro atoms. The molecule has 1 fully saturated rings. The van der Waals surface area contributed by atoms with Gasteiger partial charge in [0.15, 0.2) is 0 Å². The highest BCUT2D eigenvalue weighted by molar-refractivity contribution is 5.98. The van der Waals surface area contributed by atoms with Gasteiger partial charge in [-0.15, -0.1) is 4.73 Å². The number of aromatic nitrogens is 2. The van der Waals surface area contributed by atoms with Crippen molar-refractivity contribution in [3.63, 3.8) is 0 Å². The van der Waals surface area contributed by atoms with Crippen LogP contribution in [0.25, 0.3) is 10.9 Å². The number of carbonyl (C=O) groups is 3. The maximum absolute atomic E-state index is 13.8. The molecule has 0 bridgehead atoms. The summed E-state index contributed by atoms with van der Waals surface area (Å²) in [5.74, 6) is -3.72. The van der Waals surface area contributed by atoms with E-state index in [1.54, 1.807) is 11.8 Å². The molecule has 3 heterocycles. The third-order valence-corrected chi connectivity index (χ3v) is 7.30. The number of H-pyrrole nitrogens is 1. The van der Waals surface area contributed by atoms with Crippen LogP contribution in [0.5, 0.6) is 11.8 Å². The molecule has 10 nitrogen and oxygen atoms in total. The van der Waals surface area contributed by atoms with Gasteiger partial charge in [-0.3, -0.25) is 9.59 Å². The fourth-order valence-corrected chi connectivity index (χ4v) is 5.62. The number of nitrogens with zero attached hydrogens (tertiary/aromatic N) is 2. The van der Waals surface area contributed by atoms with Crippen LogP contribution >= 0.6 is 0 Å². The van der Waals surface area contributed by atoms with Crippen molar-refractivity contribution in [3.05, 3.63) is 59.9 Å². The summed E-state index contributed by atoms with van der Waals surface area (Å²) < 4.78 is 6.02. The zero-order valence-corrected chi connectivity index (χ0v) is 20.5. The Morgan fingerprint density at radius 3 is 2.68 bits per heavy atom. The lowest BCUT2D eigenvalue weighted by molar-refractivity contribution is -0.160. The van der Waals surface area contributed by atoms with Gasteiger partial charge in [0.1, 0.15) is 5.41 Å². The number of likely N-dealkylation sites (tertiary alicyclic amines) is 1. The number of nitrogens with one attached hydrogen (secondary N) is 1. The fourth-order valence-electron chi connectivity index (χ4n) is 5.62. The zero-order chi connectivity index (χ0) is 26.2. The summed E-state index contributed by atoms with van der Waals surface area (Å²) in [7, 11) is 0. The lowest BCUT2D eigenvalue weighted by Gasteiger charge is -2.35. The summed E-state index contributed by atoms with van der Waals surface area (Å²) in [5.41, 5.74) is 1.32. The number of para-hydroxylation sites is 1. The van der Waals surface area contributed by atoms with E-state index in [0.29, 0.717) is 42.7 Å². The molecule has 0 unspecified atom stereocenters. The van der Waals surface area contributed by atoms with Crippen molar-refractivity contribution in [1.82, 2.24) is 14.6 Å². The smallest absolute Gasteiger partial charge is 0.334 e. The highest BCUT2D eigenvalue weighted by atomic mass is 16.7. The van der Waals surface area contributed by atoms with E-state index in [-0.39, 0.29) is 12.5 Å². The minimum atomic E-state index is -1.30. The maximum Gasteiger partial charge on any atom is 0.334 e.